The molecule has 5 aromatic rings. The second-order valence-corrected chi connectivity index (χ2v) is 8.07. The van der Waals surface area contributed by atoms with Gasteiger partial charge in [0.25, 0.3) is 5.91 Å². The van der Waals surface area contributed by atoms with Gasteiger partial charge in [-0.15, -0.1) is 0 Å². The van der Waals surface area contributed by atoms with Gasteiger partial charge >= 0.3 is 0 Å². The van der Waals surface area contributed by atoms with Crippen molar-refractivity contribution >= 4 is 16.9 Å². The van der Waals surface area contributed by atoms with Crippen LogP contribution in [0.1, 0.15) is 33.5 Å². The van der Waals surface area contributed by atoms with Crippen LogP contribution in [-0.2, 0) is 6.54 Å². The van der Waals surface area contributed by atoms with Gasteiger partial charge in [-0.1, -0.05) is 42.5 Å². The summed E-state index contributed by atoms with van der Waals surface area (Å²) in [6.45, 7) is 0.195. The van der Waals surface area contributed by atoms with E-state index in [9.17, 15) is 9.59 Å². The van der Waals surface area contributed by atoms with Crippen LogP contribution in [0.5, 0.6) is 11.5 Å². The molecule has 1 aliphatic rings. The lowest BCUT2D eigenvalue weighted by Gasteiger charge is -2.24. The average molecular weight is 449 g/mol. The predicted octanol–water partition coefficient (Wildman–Crippen LogP) is 5.92. The summed E-state index contributed by atoms with van der Waals surface area (Å²) in [5.41, 5.74) is 1.24. The zero-order valence-electron chi connectivity index (χ0n) is 18.0. The Bertz CT molecular complexity index is 1550. The van der Waals surface area contributed by atoms with Crippen molar-refractivity contribution in [3.8, 4) is 11.5 Å². The first-order chi connectivity index (χ1) is 16.7. The van der Waals surface area contributed by atoms with Crippen LogP contribution < -0.4 is 10.2 Å². The van der Waals surface area contributed by atoms with E-state index in [1.165, 1.54) is 0 Å². The molecule has 1 atom stereocenters. The highest BCUT2D eigenvalue weighted by atomic mass is 16.5. The molecule has 6 nitrogen and oxygen atoms in total. The van der Waals surface area contributed by atoms with Gasteiger partial charge in [-0.2, -0.15) is 0 Å². The van der Waals surface area contributed by atoms with Crippen LogP contribution >= 0.6 is 0 Å². The molecular formula is C28H19NO5. The molecule has 0 aliphatic carbocycles. The Balaban J connectivity index is 1.50. The molecule has 3 aromatic carbocycles. The van der Waals surface area contributed by atoms with E-state index in [1.54, 1.807) is 47.6 Å². The van der Waals surface area contributed by atoms with E-state index in [2.05, 4.69) is 0 Å². The van der Waals surface area contributed by atoms with Crippen molar-refractivity contribution in [2.24, 2.45) is 0 Å². The zero-order valence-corrected chi connectivity index (χ0v) is 18.0. The first-order valence-corrected chi connectivity index (χ1v) is 10.9. The van der Waals surface area contributed by atoms with Crippen molar-refractivity contribution < 1.29 is 18.4 Å². The van der Waals surface area contributed by atoms with E-state index in [0.717, 1.165) is 5.56 Å². The van der Waals surface area contributed by atoms with Gasteiger partial charge in [0.2, 0.25) is 5.76 Å². The number of fused-ring (bicyclic) bond motifs is 2. The topological polar surface area (TPSA) is 72.9 Å². The Kier molecular flexibility index (Phi) is 4.77. The standard InChI is InChI=1S/C28H19NO5/c30-26-22-13-4-5-14-23(22)34-27-24(26)25(29(28(27)31)17-21-12-7-15-32-21)18-8-6-11-20(16-18)33-19-9-2-1-3-10-19/h1-16,25H,17H2/t25-/m1/s1. The molecule has 0 spiro atoms. The van der Waals surface area contributed by atoms with E-state index < -0.39 is 6.04 Å². The van der Waals surface area contributed by atoms with Gasteiger partial charge < -0.3 is 18.5 Å². The Morgan fingerprint density at radius 2 is 1.62 bits per heavy atom. The van der Waals surface area contributed by atoms with E-state index in [-0.39, 0.29) is 23.6 Å². The molecule has 6 heteroatoms. The Morgan fingerprint density at radius 3 is 2.44 bits per heavy atom. The van der Waals surface area contributed by atoms with Crippen LogP contribution in [0.15, 0.2) is 111 Å². The molecule has 0 bridgehead atoms. The second-order valence-electron chi connectivity index (χ2n) is 8.07. The molecule has 166 valence electrons. The summed E-state index contributed by atoms with van der Waals surface area (Å²) in [5, 5.41) is 0.440. The van der Waals surface area contributed by atoms with Gasteiger partial charge in [-0.25, -0.2) is 0 Å². The van der Waals surface area contributed by atoms with Crippen LogP contribution in [0.25, 0.3) is 11.0 Å². The fourth-order valence-corrected chi connectivity index (χ4v) is 4.42. The molecule has 34 heavy (non-hydrogen) atoms. The van der Waals surface area contributed by atoms with Crippen molar-refractivity contribution in [2.45, 2.75) is 12.6 Å². The third-order valence-electron chi connectivity index (χ3n) is 5.93. The largest absolute Gasteiger partial charge is 0.467 e. The molecular weight excluding hydrogens is 430 g/mol. The third kappa shape index (κ3) is 3.36. The smallest absolute Gasteiger partial charge is 0.291 e. The van der Waals surface area contributed by atoms with Gasteiger partial charge in [-0.05, 0) is 54.1 Å². The predicted molar refractivity (Wildman–Crippen MR) is 126 cm³/mol. The van der Waals surface area contributed by atoms with Crippen LogP contribution in [0.4, 0.5) is 0 Å². The Hall–Kier alpha value is -4.58. The number of hydrogen-bond donors (Lipinski definition) is 0. The lowest BCUT2D eigenvalue weighted by molar-refractivity contribution is 0.0701. The van der Waals surface area contributed by atoms with E-state index in [1.807, 2.05) is 54.6 Å². The molecule has 2 aromatic heterocycles. The van der Waals surface area contributed by atoms with E-state index in [0.29, 0.717) is 33.8 Å². The lowest BCUT2D eigenvalue weighted by Crippen LogP contribution is -2.29. The molecule has 6 rings (SSSR count). The summed E-state index contributed by atoms with van der Waals surface area (Å²) in [4.78, 5) is 28.7. The highest BCUT2D eigenvalue weighted by molar-refractivity contribution is 5.99. The van der Waals surface area contributed by atoms with Gasteiger partial charge in [-0.3, -0.25) is 9.59 Å². The molecule has 3 heterocycles. The minimum Gasteiger partial charge on any atom is -0.467 e. The highest BCUT2D eigenvalue weighted by Crippen LogP contribution is 2.40. The summed E-state index contributed by atoms with van der Waals surface area (Å²) in [6, 6.07) is 26.8. The quantitative estimate of drug-likeness (QED) is 0.333. The summed E-state index contributed by atoms with van der Waals surface area (Å²) >= 11 is 0. The monoisotopic (exact) mass is 449 g/mol. The molecule has 0 radical (unpaired) electrons. The van der Waals surface area contributed by atoms with Crippen molar-refractivity contribution in [1.29, 1.82) is 0 Å². The zero-order chi connectivity index (χ0) is 23.1. The molecule has 1 amide bonds. The first kappa shape index (κ1) is 20.1. The number of rotatable bonds is 5. The Labute approximate surface area is 194 Å². The number of carbonyl (C=O) groups excluding carboxylic acids is 1. The number of benzene rings is 3. The maximum Gasteiger partial charge on any atom is 0.291 e. The number of para-hydroxylation sites is 2. The van der Waals surface area contributed by atoms with Crippen LogP contribution in [-0.4, -0.2) is 10.8 Å². The fraction of sp³-hybridized carbons (Fsp3) is 0.0714. The number of carbonyl (C=O) groups is 1. The van der Waals surface area contributed by atoms with Gasteiger partial charge in [0.1, 0.15) is 22.8 Å². The summed E-state index contributed by atoms with van der Waals surface area (Å²) in [6.07, 6.45) is 1.56. The Morgan fingerprint density at radius 1 is 0.824 bits per heavy atom. The second kappa shape index (κ2) is 8.08. The lowest BCUT2D eigenvalue weighted by atomic mass is 9.98. The van der Waals surface area contributed by atoms with Crippen molar-refractivity contribution in [3.63, 3.8) is 0 Å². The van der Waals surface area contributed by atoms with Gasteiger partial charge in [0.05, 0.1) is 29.8 Å². The molecule has 0 unspecified atom stereocenters. The SMILES string of the molecule is O=C1c2oc3ccccc3c(=O)c2[C@@H](c2cccc(Oc3ccccc3)c2)N1Cc1ccco1. The number of ether oxygens (including phenoxy) is 1. The normalized spacial score (nSPS) is 15.0. The molecule has 1 aliphatic heterocycles. The average Bonchev–Trinajstić information content (AvgIpc) is 3.47. The number of hydrogen-bond acceptors (Lipinski definition) is 5. The first-order valence-electron chi connectivity index (χ1n) is 10.9. The van der Waals surface area contributed by atoms with Crippen LogP contribution in [0.3, 0.4) is 0 Å². The van der Waals surface area contributed by atoms with Gasteiger partial charge in [0, 0.05) is 0 Å². The summed E-state index contributed by atoms with van der Waals surface area (Å²) in [5.74, 6) is 1.62. The highest BCUT2D eigenvalue weighted by Gasteiger charge is 2.43. The maximum atomic E-state index is 13.6. The van der Waals surface area contributed by atoms with Crippen molar-refractivity contribution in [2.75, 3.05) is 0 Å². The van der Waals surface area contributed by atoms with E-state index >= 15 is 0 Å². The van der Waals surface area contributed by atoms with Gasteiger partial charge in [0.15, 0.2) is 5.43 Å². The van der Waals surface area contributed by atoms with E-state index in [4.69, 9.17) is 13.6 Å². The fourth-order valence-electron chi connectivity index (χ4n) is 4.42. The molecule has 0 saturated heterocycles. The molecule has 0 saturated carbocycles. The summed E-state index contributed by atoms with van der Waals surface area (Å²) < 4.78 is 17.5. The number of amides is 1. The number of furan rings is 1. The molecule has 0 fully saturated rings. The van der Waals surface area contributed by atoms with Crippen LogP contribution in [0.2, 0.25) is 0 Å². The van der Waals surface area contributed by atoms with Crippen molar-refractivity contribution in [3.05, 3.63) is 130 Å². The third-order valence-corrected chi connectivity index (χ3v) is 5.93. The van der Waals surface area contributed by atoms with Crippen molar-refractivity contribution in [1.82, 2.24) is 4.90 Å². The maximum absolute atomic E-state index is 13.6. The minimum atomic E-state index is -0.646. The minimum absolute atomic E-state index is 0.0645. The number of nitrogens with zero attached hydrogens (tertiary/aromatic N) is 1. The summed E-state index contributed by atoms with van der Waals surface area (Å²) in [7, 11) is 0. The van der Waals surface area contributed by atoms with Crippen LogP contribution in [0, 0.1) is 0 Å². The molecule has 0 N–H and O–H groups in total.